The van der Waals surface area contributed by atoms with Crippen molar-refractivity contribution in [2.24, 2.45) is 5.73 Å². The van der Waals surface area contributed by atoms with E-state index in [1.165, 1.54) is 4.31 Å². The number of sulfonamides is 1. The molecule has 0 bridgehead atoms. The van der Waals surface area contributed by atoms with Gasteiger partial charge in [0.05, 0.1) is 24.7 Å². The molecule has 0 aliphatic carbocycles. The second-order valence-electron chi connectivity index (χ2n) is 9.76. The average molecular weight is 639 g/mol. The van der Waals surface area contributed by atoms with Gasteiger partial charge in [0.1, 0.15) is 17.7 Å². The zero-order chi connectivity index (χ0) is 28.9. The third-order valence-electron chi connectivity index (χ3n) is 6.83. The Hall–Kier alpha value is -3.54. The lowest BCUT2D eigenvalue weighted by Gasteiger charge is -2.33. The number of carbonyl (C=O) groups is 1. The van der Waals surface area contributed by atoms with Crippen molar-refractivity contribution in [3.63, 3.8) is 0 Å². The smallest absolute Gasteiger partial charge is 0.323 e. The molecule has 4 N–H and O–H groups in total. The molecule has 0 spiro atoms. The Bertz CT molecular complexity index is 1510. The number of fused-ring (bicyclic) bond motifs is 1. The van der Waals surface area contributed by atoms with Crippen LogP contribution in [0.1, 0.15) is 37.8 Å². The summed E-state index contributed by atoms with van der Waals surface area (Å²) >= 11 is 0. The predicted molar refractivity (Wildman–Crippen MR) is 171 cm³/mol. The van der Waals surface area contributed by atoms with Crippen LogP contribution < -0.4 is 14.8 Å². The number of ether oxygens (including phenoxy) is 2. The maximum absolute atomic E-state index is 13.4. The average Bonchev–Trinajstić information content (AvgIpc) is 2.92. The molecule has 1 heterocycles. The molecule has 0 radical (unpaired) electrons. The first-order chi connectivity index (χ1) is 19.1. The number of nitrogens with zero attached hydrogens (tertiary/aromatic N) is 2. The van der Waals surface area contributed by atoms with Crippen molar-refractivity contribution in [3.05, 3.63) is 71.8 Å². The molecule has 1 fully saturated rings. The number of hydrogen-bond donors (Lipinski definition) is 3. The van der Waals surface area contributed by atoms with E-state index in [9.17, 15) is 13.2 Å². The van der Waals surface area contributed by atoms with Gasteiger partial charge in [-0.1, -0.05) is 24.3 Å². The third kappa shape index (κ3) is 8.73. The molecule has 0 aromatic heterocycles. The fourth-order valence-corrected chi connectivity index (χ4v) is 6.03. The lowest BCUT2D eigenvalue weighted by Crippen LogP contribution is -2.40. The highest BCUT2D eigenvalue weighted by Gasteiger charge is 2.27. The van der Waals surface area contributed by atoms with Gasteiger partial charge in [-0.05, 0) is 66.6 Å². The second kappa shape index (κ2) is 15.1. The predicted octanol–water partition coefficient (Wildman–Crippen LogP) is 4.71. The van der Waals surface area contributed by atoms with E-state index in [4.69, 9.17) is 26.0 Å². The van der Waals surface area contributed by atoms with Gasteiger partial charge in [-0.25, -0.2) is 8.42 Å². The molecule has 3 aromatic carbocycles. The molecular formula is C29H37Cl2N5O5S. The zero-order valence-corrected chi connectivity index (χ0v) is 26.0. The van der Waals surface area contributed by atoms with E-state index < -0.39 is 21.7 Å². The van der Waals surface area contributed by atoms with Gasteiger partial charge in [0, 0.05) is 31.5 Å². The zero-order valence-electron chi connectivity index (χ0n) is 23.5. The number of likely N-dealkylation sites (tertiary alicyclic amines) is 1. The minimum Gasteiger partial charge on any atom is -0.490 e. The summed E-state index contributed by atoms with van der Waals surface area (Å²) in [4.78, 5) is 14.2. The van der Waals surface area contributed by atoms with Crippen LogP contribution in [-0.4, -0.2) is 62.5 Å². The molecule has 0 unspecified atom stereocenters. The van der Waals surface area contributed by atoms with Crippen molar-refractivity contribution in [2.45, 2.75) is 39.3 Å². The monoisotopic (exact) mass is 637 g/mol. The van der Waals surface area contributed by atoms with E-state index in [0.717, 1.165) is 36.7 Å². The number of amidine groups is 2. The summed E-state index contributed by atoms with van der Waals surface area (Å²) in [5.41, 5.74) is 7.32. The number of rotatable bonds is 10. The standard InChI is InChI=1S/C29H35N5O5S.2ClH/c1-3-38-28(35)19-40(36,37)34(18-21-4-5-22-6-7-23(29(31)32)17-24(22)16-21)25-8-10-26(11-9-25)39-27-12-14-33(15-13-27)20(2)30;;/h4-11,16-17,27,30H,3,12-15,18-19H2,1-2H3,(H3,31,32);2*1H. The molecule has 0 amide bonds. The molecular weight excluding hydrogens is 601 g/mol. The second-order valence-corrected chi connectivity index (χ2v) is 11.7. The summed E-state index contributed by atoms with van der Waals surface area (Å²) < 4.78 is 39.1. The molecule has 0 atom stereocenters. The minimum atomic E-state index is -4.09. The van der Waals surface area contributed by atoms with Gasteiger partial charge in [0.2, 0.25) is 10.0 Å². The largest absolute Gasteiger partial charge is 0.490 e. The Balaban J connectivity index is 0.00000308. The number of halogens is 2. The highest BCUT2D eigenvalue weighted by Crippen LogP contribution is 2.28. The van der Waals surface area contributed by atoms with Gasteiger partial charge in [-0.3, -0.25) is 19.9 Å². The van der Waals surface area contributed by atoms with Crippen molar-refractivity contribution in [2.75, 3.05) is 29.8 Å². The van der Waals surface area contributed by atoms with Gasteiger partial charge in [0.15, 0.2) is 5.75 Å². The first-order valence-corrected chi connectivity index (χ1v) is 14.8. The first-order valence-electron chi connectivity index (χ1n) is 13.2. The number of nitrogens with one attached hydrogen (secondary N) is 2. The molecule has 4 rings (SSSR count). The number of hydrogen-bond acceptors (Lipinski definition) is 7. The molecule has 1 aliphatic heterocycles. The van der Waals surface area contributed by atoms with Gasteiger partial charge >= 0.3 is 5.97 Å². The van der Waals surface area contributed by atoms with Crippen LogP contribution in [0.4, 0.5) is 5.69 Å². The summed E-state index contributed by atoms with van der Waals surface area (Å²) in [7, 11) is -4.09. The third-order valence-corrected chi connectivity index (χ3v) is 8.44. The van der Waals surface area contributed by atoms with Crippen molar-refractivity contribution >= 4 is 68.9 Å². The van der Waals surface area contributed by atoms with E-state index in [-0.39, 0.29) is 49.9 Å². The number of nitrogens with two attached hydrogens (primary N) is 1. The Kier molecular flexibility index (Phi) is 12.4. The molecule has 0 saturated carbocycles. The normalized spacial score (nSPS) is 13.4. The molecule has 228 valence electrons. The minimum absolute atomic E-state index is 0. The number of benzene rings is 3. The SMILES string of the molecule is CCOC(=O)CS(=O)(=O)N(Cc1ccc2ccc(C(=N)N)cc2c1)c1ccc(OC2CCN(C(C)=N)CC2)cc1.Cl.Cl. The topological polar surface area (TPSA) is 150 Å². The summed E-state index contributed by atoms with van der Waals surface area (Å²) in [6.45, 7) is 5.01. The number of anilines is 1. The van der Waals surface area contributed by atoms with Crippen molar-refractivity contribution in [3.8, 4) is 5.75 Å². The summed E-state index contributed by atoms with van der Waals surface area (Å²) in [5.74, 6) is -0.476. The van der Waals surface area contributed by atoms with Crippen LogP contribution in [0.3, 0.4) is 0 Å². The Labute approximate surface area is 259 Å². The number of esters is 1. The molecule has 1 aliphatic rings. The molecule has 3 aromatic rings. The molecule has 1 saturated heterocycles. The van der Waals surface area contributed by atoms with Crippen LogP contribution in [0.15, 0.2) is 60.7 Å². The van der Waals surface area contributed by atoms with Crippen LogP contribution in [-0.2, 0) is 26.1 Å². The fraction of sp³-hybridized carbons (Fsp3) is 0.345. The van der Waals surface area contributed by atoms with Gasteiger partial charge in [0.25, 0.3) is 0 Å². The van der Waals surface area contributed by atoms with Crippen LogP contribution in [0.25, 0.3) is 10.8 Å². The van der Waals surface area contributed by atoms with Crippen LogP contribution in [0.2, 0.25) is 0 Å². The maximum Gasteiger partial charge on any atom is 0.323 e. The quantitative estimate of drug-likeness (QED) is 0.165. The summed E-state index contributed by atoms with van der Waals surface area (Å²) in [6, 6.07) is 17.8. The van der Waals surface area contributed by atoms with Crippen LogP contribution in [0, 0.1) is 10.8 Å². The summed E-state index contributed by atoms with van der Waals surface area (Å²) in [5, 5.41) is 17.3. The van der Waals surface area contributed by atoms with E-state index in [1.807, 2.05) is 29.2 Å². The number of piperidine rings is 1. The molecule has 42 heavy (non-hydrogen) atoms. The number of nitrogen functional groups attached to an aromatic ring is 1. The van der Waals surface area contributed by atoms with Gasteiger partial charge in [-0.2, -0.15) is 0 Å². The van der Waals surface area contributed by atoms with Gasteiger partial charge < -0.3 is 20.1 Å². The van der Waals surface area contributed by atoms with Crippen LogP contribution in [0.5, 0.6) is 5.75 Å². The summed E-state index contributed by atoms with van der Waals surface area (Å²) in [6.07, 6.45) is 1.61. The van der Waals surface area contributed by atoms with Crippen molar-refractivity contribution in [1.29, 1.82) is 10.8 Å². The Morgan fingerprint density at radius 3 is 2.24 bits per heavy atom. The van der Waals surface area contributed by atoms with Gasteiger partial charge in [-0.15, -0.1) is 24.8 Å². The van der Waals surface area contributed by atoms with Crippen molar-refractivity contribution < 1.29 is 22.7 Å². The van der Waals surface area contributed by atoms with E-state index in [2.05, 4.69) is 0 Å². The maximum atomic E-state index is 13.4. The van der Waals surface area contributed by atoms with Crippen LogP contribution >= 0.6 is 24.8 Å². The lowest BCUT2D eigenvalue weighted by atomic mass is 10.0. The van der Waals surface area contributed by atoms with E-state index in [0.29, 0.717) is 28.4 Å². The lowest BCUT2D eigenvalue weighted by molar-refractivity contribution is -0.139. The molecule has 10 nitrogen and oxygen atoms in total. The highest BCUT2D eigenvalue weighted by atomic mass is 35.5. The fourth-order valence-electron chi connectivity index (χ4n) is 4.70. The van der Waals surface area contributed by atoms with E-state index >= 15 is 0 Å². The number of carbonyl (C=O) groups excluding carboxylic acids is 1. The van der Waals surface area contributed by atoms with Crippen molar-refractivity contribution in [1.82, 2.24) is 4.90 Å². The molecule has 13 heteroatoms. The van der Waals surface area contributed by atoms with E-state index in [1.54, 1.807) is 50.2 Å². The Morgan fingerprint density at radius 1 is 1.00 bits per heavy atom. The highest BCUT2D eigenvalue weighted by molar-refractivity contribution is 7.93. The first kappa shape index (κ1) is 34.7. The Morgan fingerprint density at radius 2 is 1.64 bits per heavy atom.